The van der Waals surface area contributed by atoms with Crippen LogP contribution in [0.3, 0.4) is 0 Å². The number of esters is 1. The molecule has 1 aliphatic rings. The molecule has 2 rings (SSSR count). The number of hydrogen-bond acceptors (Lipinski definition) is 3. The van der Waals surface area contributed by atoms with Crippen molar-refractivity contribution in [3.8, 4) is 0 Å². The molecule has 0 bridgehead atoms. The first-order chi connectivity index (χ1) is 8.72. The van der Waals surface area contributed by atoms with Gasteiger partial charge in [0, 0.05) is 10.5 Å². The lowest BCUT2D eigenvalue weighted by atomic mass is 10.2. The van der Waals surface area contributed by atoms with Crippen LogP contribution in [0.25, 0.3) is 0 Å². The summed E-state index contributed by atoms with van der Waals surface area (Å²) >= 11 is 0. The highest BCUT2D eigenvalue weighted by Crippen LogP contribution is 2.30. The van der Waals surface area contributed by atoms with Crippen molar-refractivity contribution < 1.29 is 13.7 Å². The van der Waals surface area contributed by atoms with Crippen LogP contribution < -0.4 is 0 Å². The summed E-state index contributed by atoms with van der Waals surface area (Å²) in [6, 6.07) is 9.69. The number of benzene rings is 1. The molecule has 1 aliphatic carbocycles. The van der Waals surface area contributed by atoms with Gasteiger partial charge in [-0.25, -0.2) is 4.79 Å². The van der Waals surface area contributed by atoms with Gasteiger partial charge >= 0.3 is 5.97 Å². The lowest BCUT2D eigenvalue weighted by Crippen LogP contribution is -2.07. The summed E-state index contributed by atoms with van der Waals surface area (Å²) in [6.45, 7) is 0. The average molecular weight is 264 g/mol. The second kappa shape index (κ2) is 5.96. The van der Waals surface area contributed by atoms with Gasteiger partial charge in [-0.1, -0.05) is 30.3 Å². The molecule has 1 atom stereocenters. The van der Waals surface area contributed by atoms with Crippen LogP contribution in [0.15, 0.2) is 40.8 Å². The summed E-state index contributed by atoms with van der Waals surface area (Å²) in [4.78, 5) is 12.3. The van der Waals surface area contributed by atoms with Gasteiger partial charge in [-0.2, -0.15) is 0 Å². The number of hydrogen-bond donors (Lipinski definition) is 0. The largest absolute Gasteiger partial charge is 0.466 e. The number of methoxy groups -OCH3 is 1. The Kier molecular flexibility index (Phi) is 4.31. The molecular formula is C14H16O3S. The monoisotopic (exact) mass is 264 g/mol. The normalized spacial score (nSPS) is 16.7. The van der Waals surface area contributed by atoms with E-state index in [0.29, 0.717) is 17.7 Å². The fraction of sp³-hybridized carbons (Fsp3) is 0.357. The van der Waals surface area contributed by atoms with Crippen molar-refractivity contribution in [3.63, 3.8) is 0 Å². The van der Waals surface area contributed by atoms with Crippen molar-refractivity contribution in [2.75, 3.05) is 7.11 Å². The molecule has 0 radical (unpaired) electrons. The van der Waals surface area contributed by atoms with Crippen LogP contribution in [0.5, 0.6) is 0 Å². The highest BCUT2D eigenvalue weighted by molar-refractivity contribution is 7.88. The second-order valence-electron chi connectivity index (χ2n) is 4.22. The van der Waals surface area contributed by atoms with E-state index in [1.165, 1.54) is 7.11 Å². The van der Waals surface area contributed by atoms with Gasteiger partial charge in [0.1, 0.15) is 0 Å². The van der Waals surface area contributed by atoms with Gasteiger partial charge in [-0.05, 0) is 24.8 Å². The van der Waals surface area contributed by atoms with Crippen LogP contribution in [-0.4, -0.2) is 17.3 Å². The quantitative estimate of drug-likeness (QED) is 0.785. The molecule has 0 aromatic heterocycles. The third kappa shape index (κ3) is 2.88. The third-order valence-corrected chi connectivity index (χ3v) is 4.61. The Bertz CT molecular complexity index is 491. The maximum absolute atomic E-state index is 12.3. The Morgan fingerprint density at radius 2 is 2.00 bits per heavy atom. The fourth-order valence-electron chi connectivity index (χ4n) is 2.12. The molecule has 0 N–H and O–H groups in total. The van der Waals surface area contributed by atoms with E-state index >= 15 is 0 Å². The minimum atomic E-state index is -1.12. The molecule has 18 heavy (non-hydrogen) atoms. The first kappa shape index (κ1) is 13.0. The van der Waals surface area contributed by atoms with Gasteiger partial charge in [-0.15, -0.1) is 0 Å². The van der Waals surface area contributed by atoms with Gasteiger partial charge in [0.05, 0.1) is 23.7 Å². The van der Waals surface area contributed by atoms with Gasteiger partial charge < -0.3 is 4.74 Å². The van der Waals surface area contributed by atoms with Crippen molar-refractivity contribution >= 4 is 16.8 Å². The third-order valence-electron chi connectivity index (χ3n) is 3.01. The number of ether oxygens (including phenoxy) is 1. The standard InChI is InChI=1S/C14H16O3S/c1-17-14(15)12-8-5-9-13(12)18(16)10-11-6-3-2-4-7-11/h2-4,6-7H,5,8-10H2,1H3. The molecule has 1 aromatic rings. The zero-order valence-corrected chi connectivity index (χ0v) is 11.2. The Morgan fingerprint density at radius 3 is 2.67 bits per heavy atom. The maximum atomic E-state index is 12.3. The van der Waals surface area contributed by atoms with Gasteiger partial charge in [0.25, 0.3) is 0 Å². The van der Waals surface area contributed by atoms with Crippen molar-refractivity contribution in [2.45, 2.75) is 25.0 Å². The van der Waals surface area contributed by atoms with E-state index in [1.807, 2.05) is 30.3 Å². The summed E-state index contributed by atoms with van der Waals surface area (Å²) in [5.41, 5.74) is 1.64. The molecule has 0 heterocycles. The number of carbonyl (C=O) groups is 1. The summed E-state index contributed by atoms with van der Waals surface area (Å²) < 4.78 is 17.0. The van der Waals surface area contributed by atoms with Crippen molar-refractivity contribution in [3.05, 3.63) is 46.4 Å². The van der Waals surface area contributed by atoms with Crippen molar-refractivity contribution in [1.29, 1.82) is 0 Å². The van der Waals surface area contributed by atoms with Gasteiger partial charge in [-0.3, -0.25) is 4.21 Å². The Balaban J connectivity index is 2.16. The Hall–Kier alpha value is -1.42. The highest BCUT2D eigenvalue weighted by atomic mass is 32.2. The zero-order valence-electron chi connectivity index (χ0n) is 10.3. The molecule has 0 saturated carbocycles. The minimum Gasteiger partial charge on any atom is -0.466 e. The molecule has 0 fully saturated rings. The lowest BCUT2D eigenvalue weighted by Gasteiger charge is -2.06. The topological polar surface area (TPSA) is 43.4 Å². The van der Waals surface area contributed by atoms with E-state index < -0.39 is 10.8 Å². The van der Waals surface area contributed by atoms with Crippen LogP contribution in [-0.2, 0) is 26.1 Å². The van der Waals surface area contributed by atoms with Crippen LogP contribution in [0.2, 0.25) is 0 Å². The van der Waals surface area contributed by atoms with Crippen LogP contribution in [0.1, 0.15) is 24.8 Å². The highest BCUT2D eigenvalue weighted by Gasteiger charge is 2.25. The maximum Gasteiger partial charge on any atom is 0.334 e. The van der Waals surface area contributed by atoms with Crippen molar-refractivity contribution in [1.82, 2.24) is 0 Å². The van der Waals surface area contributed by atoms with E-state index in [2.05, 4.69) is 0 Å². The van der Waals surface area contributed by atoms with Gasteiger partial charge in [0.2, 0.25) is 0 Å². The molecule has 0 spiro atoms. The predicted molar refractivity (Wildman–Crippen MR) is 71.2 cm³/mol. The SMILES string of the molecule is COC(=O)C1=C(S(=O)Cc2ccccc2)CCC1. The number of carbonyl (C=O) groups excluding carboxylic acids is 1. The molecule has 0 amide bonds. The molecule has 1 aromatic carbocycles. The van der Waals surface area contributed by atoms with E-state index in [1.54, 1.807) is 0 Å². The van der Waals surface area contributed by atoms with Crippen LogP contribution >= 0.6 is 0 Å². The molecule has 96 valence electrons. The van der Waals surface area contributed by atoms with E-state index in [0.717, 1.165) is 23.3 Å². The Labute approximate surface area is 109 Å². The lowest BCUT2D eigenvalue weighted by molar-refractivity contribution is -0.136. The van der Waals surface area contributed by atoms with E-state index in [-0.39, 0.29) is 5.97 Å². The predicted octanol–water partition coefficient (Wildman–Crippen LogP) is 2.55. The number of allylic oxidation sites excluding steroid dienone is 1. The first-order valence-corrected chi connectivity index (χ1v) is 7.27. The molecule has 3 nitrogen and oxygen atoms in total. The summed E-state index contributed by atoms with van der Waals surface area (Å²) in [5, 5.41) is 0. The molecule has 0 saturated heterocycles. The van der Waals surface area contributed by atoms with Crippen LogP contribution in [0.4, 0.5) is 0 Å². The summed E-state index contributed by atoms with van der Waals surface area (Å²) in [6.07, 6.45) is 2.31. The first-order valence-electron chi connectivity index (χ1n) is 5.95. The molecule has 4 heteroatoms. The zero-order chi connectivity index (χ0) is 13.0. The number of rotatable bonds is 4. The molecular weight excluding hydrogens is 248 g/mol. The van der Waals surface area contributed by atoms with Crippen LogP contribution in [0, 0.1) is 0 Å². The molecule has 0 aliphatic heterocycles. The minimum absolute atomic E-state index is 0.330. The molecule has 1 unspecified atom stereocenters. The average Bonchev–Trinajstić information content (AvgIpc) is 2.88. The second-order valence-corrected chi connectivity index (χ2v) is 5.69. The smallest absolute Gasteiger partial charge is 0.334 e. The fourth-order valence-corrected chi connectivity index (χ4v) is 3.62. The Morgan fingerprint density at radius 1 is 1.28 bits per heavy atom. The summed E-state index contributed by atoms with van der Waals surface area (Å²) in [7, 11) is 0.247. The van der Waals surface area contributed by atoms with Gasteiger partial charge in [0.15, 0.2) is 0 Å². The van der Waals surface area contributed by atoms with Crippen molar-refractivity contribution in [2.24, 2.45) is 0 Å². The summed E-state index contributed by atoms with van der Waals surface area (Å²) in [5.74, 6) is 0.139. The van der Waals surface area contributed by atoms with E-state index in [9.17, 15) is 9.00 Å². The van der Waals surface area contributed by atoms with E-state index in [4.69, 9.17) is 4.74 Å².